The van der Waals surface area contributed by atoms with Crippen LogP contribution in [-0.4, -0.2) is 63.1 Å². The van der Waals surface area contributed by atoms with Gasteiger partial charge in [-0.2, -0.15) is 0 Å². The van der Waals surface area contributed by atoms with Gasteiger partial charge < -0.3 is 15.0 Å². The van der Waals surface area contributed by atoms with Crippen LogP contribution in [0.4, 0.5) is 4.39 Å². The summed E-state index contributed by atoms with van der Waals surface area (Å²) in [5.41, 5.74) is 1.05. The summed E-state index contributed by atoms with van der Waals surface area (Å²) in [4.78, 5) is 23.0. The number of aromatic nitrogens is 2. The molecule has 2 heterocycles. The maximum atomic E-state index is 13.6. The van der Waals surface area contributed by atoms with E-state index >= 15 is 0 Å². The average Bonchev–Trinajstić information content (AvgIpc) is 2.91. The second-order valence-electron chi connectivity index (χ2n) is 5.60. The summed E-state index contributed by atoms with van der Waals surface area (Å²) in [6, 6.07) is 4.85. The minimum atomic E-state index is -0.954. The average molecular weight is 306 g/mol. The number of piperazine rings is 1. The number of aromatic amines is 1. The number of carbonyl (C=O) groups is 1. The SMILES string of the molecule is CC(O)C(=O)N1CCN(Cc2nc3c(F)cccc3[nH]2)CC1. The minimum absolute atomic E-state index is 0.231. The topological polar surface area (TPSA) is 72.5 Å². The van der Waals surface area contributed by atoms with Crippen LogP contribution in [0.1, 0.15) is 12.7 Å². The molecule has 7 heteroatoms. The van der Waals surface area contributed by atoms with Gasteiger partial charge in [0.25, 0.3) is 5.91 Å². The van der Waals surface area contributed by atoms with Crippen molar-refractivity contribution in [2.75, 3.05) is 26.2 Å². The summed E-state index contributed by atoms with van der Waals surface area (Å²) >= 11 is 0. The molecular weight excluding hydrogens is 287 g/mol. The Balaban J connectivity index is 1.62. The van der Waals surface area contributed by atoms with E-state index in [2.05, 4.69) is 14.9 Å². The van der Waals surface area contributed by atoms with Crippen molar-refractivity contribution in [1.82, 2.24) is 19.8 Å². The van der Waals surface area contributed by atoms with Crippen LogP contribution in [0.25, 0.3) is 11.0 Å². The van der Waals surface area contributed by atoms with Gasteiger partial charge in [0.15, 0.2) is 5.82 Å². The zero-order chi connectivity index (χ0) is 15.7. The van der Waals surface area contributed by atoms with Gasteiger partial charge >= 0.3 is 0 Å². The highest BCUT2D eigenvalue weighted by Gasteiger charge is 2.24. The van der Waals surface area contributed by atoms with Crippen molar-refractivity contribution in [3.05, 3.63) is 29.8 Å². The number of H-pyrrole nitrogens is 1. The molecule has 2 N–H and O–H groups in total. The molecule has 6 nitrogen and oxygen atoms in total. The molecule has 0 saturated carbocycles. The number of para-hydroxylation sites is 1. The van der Waals surface area contributed by atoms with Crippen molar-refractivity contribution in [3.63, 3.8) is 0 Å². The molecule has 2 aromatic rings. The lowest BCUT2D eigenvalue weighted by molar-refractivity contribution is -0.141. The Hall–Kier alpha value is -1.99. The number of imidazole rings is 1. The number of aliphatic hydroxyl groups excluding tert-OH is 1. The summed E-state index contributed by atoms with van der Waals surface area (Å²) in [7, 11) is 0. The number of nitrogens with zero attached hydrogens (tertiary/aromatic N) is 3. The number of aliphatic hydroxyl groups is 1. The first kappa shape index (κ1) is 14.9. The Labute approximate surface area is 127 Å². The first-order valence-corrected chi connectivity index (χ1v) is 7.37. The van der Waals surface area contributed by atoms with Crippen LogP contribution in [0, 0.1) is 5.82 Å². The third kappa shape index (κ3) is 2.95. The number of halogens is 1. The fourth-order valence-corrected chi connectivity index (χ4v) is 2.73. The quantitative estimate of drug-likeness (QED) is 0.877. The molecule has 1 aromatic carbocycles. The first-order chi connectivity index (χ1) is 10.5. The van der Waals surface area contributed by atoms with E-state index in [0.717, 1.165) is 5.82 Å². The Bertz CT molecular complexity index is 677. The number of nitrogens with one attached hydrogen (secondary N) is 1. The van der Waals surface area contributed by atoms with Crippen molar-refractivity contribution in [2.45, 2.75) is 19.6 Å². The van der Waals surface area contributed by atoms with Crippen molar-refractivity contribution >= 4 is 16.9 Å². The van der Waals surface area contributed by atoms with E-state index in [9.17, 15) is 14.3 Å². The van der Waals surface area contributed by atoms with Crippen LogP contribution >= 0.6 is 0 Å². The molecule has 1 aliphatic heterocycles. The van der Waals surface area contributed by atoms with Crippen LogP contribution in [0.2, 0.25) is 0 Å². The molecule has 3 rings (SSSR count). The normalized spacial score (nSPS) is 17.9. The van der Waals surface area contributed by atoms with Crippen molar-refractivity contribution in [3.8, 4) is 0 Å². The fourth-order valence-electron chi connectivity index (χ4n) is 2.73. The zero-order valence-corrected chi connectivity index (χ0v) is 12.4. The van der Waals surface area contributed by atoms with Crippen LogP contribution in [-0.2, 0) is 11.3 Å². The van der Waals surface area contributed by atoms with E-state index in [4.69, 9.17) is 0 Å². The number of hydrogen-bond donors (Lipinski definition) is 2. The van der Waals surface area contributed by atoms with Gasteiger partial charge in [-0.25, -0.2) is 9.37 Å². The second kappa shape index (κ2) is 6.02. The van der Waals surface area contributed by atoms with Crippen LogP contribution in [0.3, 0.4) is 0 Å². The highest BCUT2D eigenvalue weighted by molar-refractivity contribution is 5.80. The fraction of sp³-hybridized carbons (Fsp3) is 0.467. The molecule has 0 bridgehead atoms. The summed E-state index contributed by atoms with van der Waals surface area (Å²) in [6.45, 7) is 4.65. The maximum absolute atomic E-state index is 13.6. The van der Waals surface area contributed by atoms with Crippen LogP contribution in [0.5, 0.6) is 0 Å². The molecule has 0 radical (unpaired) electrons. The Morgan fingerprint density at radius 3 is 2.77 bits per heavy atom. The number of benzene rings is 1. The van der Waals surface area contributed by atoms with Gasteiger partial charge in [-0.1, -0.05) is 6.07 Å². The third-order valence-corrected chi connectivity index (χ3v) is 3.93. The van der Waals surface area contributed by atoms with Crippen LogP contribution in [0.15, 0.2) is 18.2 Å². The molecule has 0 spiro atoms. The maximum Gasteiger partial charge on any atom is 0.251 e. The van der Waals surface area contributed by atoms with Crippen molar-refractivity contribution in [1.29, 1.82) is 0 Å². The second-order valence-corrected chi connectivity index (χ2v) is 5.60. The number of fused-ring (bicyclic) bond motifs is 1. The molecule has 1 atom stereocenters. The molecule has 1 fully saturated rings. The summed E-state index contributed by atoms with van der Waals surface area (Å²) in [5, 5.41) is 9.33. The number of hydrogen-bond acceptors (Lipinski definition) is 4. The van der Waals surface area contributed by atoms with E-state index in [1.54, 1.807) is 17.0 Å². The van der Waals surface area contributed by atoms with Gasteiger partial charge in [0, 0.05) is 26.2 Å². The molecule has 22 heavy (non-hydrogen) atoms. The van der Waals surface area contributed by atoms with E-state index in [1.807, 2.05) is 0 Å². The van der Waals surface area contributed by atoms with E-state index in [-0.39, 0.29) is 11.7 Å². The molecule has 1 amide bonds. The minimum Gasteiger partial charge on any atom is -0.384 e. The van der Waals surface area contributed by atoms with Gasteiger partial charge in [-0.05, 0) is 19.1 Å². The Morgan fingerprint density at radius 1 is 1.41 bits per heavy atom. The Kier molecular flexibility index (Phi) is 4.08. The van der Waals surface area contributed by atoms with Crippen LogP contribution < -0.4 is 0 Å². The molecule has 0 aliphatic carbocycles. The molecule has 1 aliphatic rings. The highest BCUT2D eigenvalue weighted by atomic mass is 19.1. The molecule has 1 unspecified atom stereocenters. The van der Waals surface area contributed by atoms with E-state index in [0.29, 0.717) is 43.8 Å². The van der Waals surface area contributed by atoms with Gasteiger partial charge in [0.05, 0.1) is 12.1 Å². The highest BCUT2D eigenvalue weighted by Crippen LogP contribution is 2.16. The predicted octanol–water partition coefficient (Wildman–Crippen LogP) is 0.727. The molecular formula is C15H19FN4O2. The monoisotopic (exact) mass is 306 g/mol. The van der Waals surface area contributed by atoms with Gasteiger partial charge in [-0.3, -0.25) is 9.69 Å². The summed E-state index contributed by atoms with van der Waals surface area (Å²) < 4.78 is 13.6. The molecule has 118 valence electrons. The van der Waals surface area contributed by atoms with Crippen molar-refractivity contribution < 1.29 is 14.3 Å². The lowest BCUT2D eigenvalue weighted by Gasteiger charge is -2.34. The number of carbonyl (C=O) groups excluding carboxylic acids is 1. The molecule has 1 saturated heterocycles. The predicted molar refractivity (Wildman–Crippen MR) is 79.6 cm³/mol. The standard InChI is InChI=1S/C15H19FN4O2/c1-10(21)15(22)20-7-5-19(6-8-20)9-13-17-12-4-2-3-11(16)14(12)18-13/h2-4,10,21H,5-9H2,1H3,(H,17,18). The zero-order valence-electron chi connectivity index (χ0n) is 12.4. The smallest absolute Gasteiger partial charge is 0.251 e. The van der Waals surface area contributed by atoms with E-state index in [1.165, 1.54) is 13.0 Å². The van der Waals surface area contributed by atoms with E-state index < -0.39 is 6.10 Å². The summed E-state index contributed by atoms with van der Waals surface area (Å²) in [6.07, 6.45) is -0.954. The summed E-state index contributed by atoms with van der Waals surface area (Å²) in [5.74, 6) is 0.160. The van der Waals surface area contributed by atoms with Gasteiger partial charge in [0.2, 0.25) is 0 Å². The Morgan fingerprint density at radius 2 is 2.14 bits per heavy atom. The number of amides is 1. The van der Waals surface area contributed by atoms with Gasteiger partial charge in [0.1, 0.15) is 17.4 Å². The lowest BCUT2D eigenvalue weighted by Crippen LogP contribution is -2.50. The lowest BCUT2D eigenvalue weighted by atomic mass is 10.2. The first-order valence-electron chi connectivity index (χ1n) is 7.37. The van der Waals surface area contributed by atoms with Gasteiger partial charge in [-0.15, -0.1) is 0 Å². The number of rotatable bonds is 3. The third-order valence-electron chi connectivity index (χ3n) is 3.93. The molecule has 1 aromatic heterocycles. The largest absolute Gasteiger partial charge is 0.384 e. The van der Waals surface area contributed by atoms with Crippen molar-refractivity contribution in [2.24, 2.45) is 0 Å².